The Bertz CT molecular complexity index is 6720. The van der Waals surface area contributed by atoms with Gasteiger partial charge in [-0.25, -0.2) is 35.1 Å². The molecule has 3 atom stereocenters. The van der Waals surface area contributed by atoms with Crippen molar-refractivity contribution < 1.29 is 44.6 Å². The highest BCUT2D eigenvalue weighted by Gasteiger charge is 2.53. The third-order valence-electron chi connectivity index (χ3n) is 23.7. The molecule has 4 aliphatic carbocycles. The van der Waals surface area contributed by atoms with Gasteiger partial charge in [-0.1, -0.05) is 232 Å². The Kier molecular flexibility index (Phi) is 16.7. The Morgan fingerprint density at radius 3 is 0.974 bits per heavy atom. The summed E-state index contributed by atoms with van der Waals surface area (Å²) in [6.07, 6.45) is 5.38. The quantitative estimate of drug-likeness (QED) is 0.0547. The normalized spacial score (nSPS) is 16.2. The molecule has 0 heterocycles. The molecule has 0 fully saturated rings. The van der Waals surface area contributed by atoms with Gasteiger partial charge in [0.2, 0.25) is 0 Å². The maximum Gasteiger partial charge on any atom is 0.194 e. The van der Waals surface area contributed by atoms with Crippen LogP contribution in [0.5, 0.6) is 23.0 Å². The van der Waals surface area contributed by atoms with Crippen molar-refractivity contribution in [2.24, 2.45) is 0 Å². The predicted molar refractivity (Wildman–Crippen MR) is 445 cm³/mol. The first kappa shape index (κ1) is 70.7. The molecule has 3 unspecified atom stereocenters. The number of rotatable bonds is 16. The van der Waals surface area contributed by atoms with E-state index in [0.29, 0.717) is 51.1 Å². The molecule has 16 aromatic carbocycles. The van der Waals surface area contributed by atoms with Gasteiger partial charge < -0.3 is 14.4 Å². The van der Waals surface area contributed by atoms with Crippen molar-refractivity contribution in [3.8, 4) is 67.5 Å². The number of halogens is 8. The minimum atomic E-state index is -1.64. The molecule has 0 N–H and O–H groups in total. The Balaban J connectivity index is 0.770. The van der Waals surface area contributed by atoms with Gasteiger partial charge in [-0.3, -0.25) is 0 Å². The first-order valence-corrected chi connectivity index (χ1v) is 38.0. The van der Waals surface area contributed by atoms with E-state index in [-0.39, 0.29) is 11.3 Å². The smallest absolute Gasteiger partial charge is 0.194 e. The predicted octanol–water partition coefficient (Wildman–Crippen LogP) is 27.8. The second-order valence-electron chi connectivity index (χ2n) is 29.6. The summed E-state index contributed by atoms with van der Waals surface area (Å²) in [5.74, 6) is -7.37. The summed E-state index contributed by atoms with van der Waals surface area (Å²) in [5.41, 5.74) is 17.8. The number of hydrogen-bond acceptors (Lipinski definition) is 3. The van der Waals surface area contributed by atoms with Gasteiger partial charge in [0.1, 0.15) is 34.6 Å². The number of ether oxygens (including phenoxy) is 2. The Hall–Kier alpha value is -14.4. The Morgan fingerprint density at radius 1 is 0.259 bits per heavy atom. The van der Waals surface area contributed by atoms with Gasteiger partial charge >= 0.3 is 0 Å². The molecule has 0 aromatic heterocycles. The van der Waals surface area contributed by atoms with E-state index in [4.69, 9.17) is 9.47 Å². The van der Waals surface area contributed by atoms with Crippen molar-refractivity contribution in [3.05, 3.63) is 494 Å². The van der Waals surface area contributed by atoms with Crippen LogP contribution in [0.25, 0.3) is 68.3 Å². The Labute approximate surface area is 664 Å². The molecule has 0 bridgehead atoms. The van der Waals surface area contributed by atoms with Crippen LogP contribution in [0, 0.1) is 46.5 Å². The van der Waals surface area contributed by atoms with Crippen LogP contribution in [0.3, 0.4) is 0 Å². The standard InChI is InChI=1S/C105H63F8NO2/c1-3-62-21-41-76(42-22-62)115-78-45-31-69(32-46-78)103(67-27-35-71(106)36-28-67)89-17-9-5-13-80(89)85-50-26-65(55-94(85)103)88(66-56-97(108)101(112)98(109)57-66)53-64-25-49-84-82-15-7-11-19-91(82)105(93(84)54-64)92-20-12-8-16-83(92)87-52-40-74(59-96(87)105)114(75-60-99(110)102(113)100(111)61-75)73-39-51-86-81-14-6-10-18-90(81)104(95(86)58-73,68-29-37-72(107)38-30-68)70-33-47-79(48-34-70)116-77-43-23-63(4-2)24-44-77/h3-61H,1-2H2/b88-53+. The van der Waals surface area contributed by atoms with Crippen LogP contribution in [0.2, 0.25) is 0 Å². The van der Waals surface area contributed by atoms with E-state index in [9.17, 15) is 0 Å². The van der Waals surface area contributed by atoms with Gasteiger partial charge in [-0.2, -0.15) is 0 Å². The lowest BCUT2D eigenvalue weighted by Crippen LogP contribution is -2.29. The van der Waals surface area contributed by atoms with Crippen molar-refractivity contribution in [2.45, 2.75) is 16.2 Å². The molecule has 0 radical (unpaired) electrons. The molecule has 4 aliphatic rings. The first-order valence-electron chi connectivity index (χ1n) is 38.0. The van der Waals surface area contributed by atoms with E-state index in [0.717, 1.165) is 147 Å². The SMILES string of the molecule is C=Cc1ccc(Oc2ccc(C3(c4ccc(F)cc4)c4ccccc4-c4ccc(/C(=C\c5ccc6c(c5)C5(c7ccccc7-6)c6ccccc6-c6ccc(N(c7cc(F)c(F)c(F)c7)c7ccc8c(c7)C(c7ccc(F)cc7)(c7ccc(Oc9ccc(C=C)cc9)cc7)c7ccccc7-8)cc65)c5cc(F)c(F)c(F)c5)cc43)cc2)cc1. The molecular weight excluding hydrogens is 1460 g/mol. The van der Waals surface area contributed by atoms with E-state index in [1.165, 1.54) is 24.3 Å². The summed E-state index contributed by atoms with van der Waals surface area (Å²) >= 11 is 0. The fourth-order valence-electron chi connectivity index (χ4n) is 18.7. The van der Waals surface area contributed by atoms with Crippen molar-refractivity contribution in [1.82, 2.24) is 0 Å². The van der Waals surface area contributed by atoms with E-state index in [1.807, 2.05) is 231 Å². The zero-order valence-corrected chi connectivity index (χ0v) is 61.8. The summed E-state index contributed by atoms with van der Waals surface area (Å²) < 4.78 is 140. The van der Waals surface area contributed by atoms with Gasteiger partial charge in [-0.05, 0) is 272 Å². The van der Waals surface area contributed by atoms with E-state index < -0.39 is 62.8 Å². The maximum absolute atomic E-state index is 16.4. The molecule has 0 aliphatic heterocycles. The molecule has 1 spiro atoms. The topological polar surface area (TPSA) is 21.7 Å². The monoisotopic (exact) mass is 1520 g/mol. The largest absolute Gasteiger partial charge is 0.457 e. The van der Waals surface area contributed by atoms with Crippen molar-refractivity contribution in [2.75, 3.05) is 4.90 Å². The average molecular weight is 1520 g/mol. The number of nitrogens with zero attached hydrogens (tertiary/aromatic N) is 1. The number of benzene rings is 16. The summed E-state index contributed by atoms with van der Waals surface area (Å²) in [6.45, 7) is 7.77. The minimum Gasteiger partial charge on any atom is -0.457 e. The first-order chi connectivity index (χ1) is 56.6. The van der Waals surface area contributed by atoms with Crippen molar-refractivity contribution in [1.29, 1.82) is 0 Å². The van der Waals surface area contributed by atoms with Crippen molar-refractivity contribution in [3.63, 3.8) is 0 Å². The van der Waals surface area contributed by atoms with Crippen LogP contribution >= 0.6 is 0 Å². The summed E-state index contributed by atoms with van der Waals surface area (Å²) in [6, 6.07) is 104. The Morgan fingerprint density at radius 2 is 0.569 bits per heavy atom. The van der Waals surface area contributed by atoms with Crippen LogP contribution in [0.15, 0.2) is 353 Å². The number of hydrogen-bond donors (Lipinski definition) is 0. The van der Waals surface area contributed by atoms with E-state index in [1.54, 1.807) is 41.3 Å². The minimum absolute atomic E-state index is 0.0307. The van der Waals surface area contributed by atoms with Gasteiger partial charge in [0.25, 0.3) is 0 Å². The molecule has 556 valence electrons. The molecule has 0 saturated heterocycles. The van der Waals surface area contributed by atoms with Gasteiger partial charge in [0.05, 0.1) is 21.9 Å². The van der Waals surface area contributed by atoms with Crippen LogP contribution < -0.4 is 14.4 Å². The molecule has 0 amide bonds. The fraction of sp³-hybridized carbons (Fsp3) is 0.0286. The molecule has 11 heteroatoms. The zero-order chi connectivity index (χ0) is 78.9. The number of fused-ring (bicyclic) bond motifs is 16. The van der Waals surface area contributed by atoms with Crippen LogP contribution in [-0.2, 0) is 16.2 Å². The van der Waals surface area contributed by atoms with E-state index in [2.05, 4.69) is 55.6 Å². The van der Waals surface area contributed by atoms with Crippen LogP contribution in [0.1, 0.15) is 94.6 Å². The lowest BCUT2D eigenvalue weighted by Gasteiger charge is -2.35. The number of anilines is 3. The molecular formula is C105H63F8NO2. The van der Waals surface area contributed by atoms with Gasteiger partial charge in [0, 0.05) is 23.5 Å². The fourth-order valence-corrected chi connectivity index (χ4v) is 18.7. The summed E-state index contributed by atoms with van der Waals surface area (Å²) in [7, 11) is 0. The highest BCUT2D eigenvalue weighted by atomic mass is 19.2. The molecule has 116 heavy (non-hydrogen) atoms. The third kappa shape index (κ3) is 10.9. The summed E-state index contributed by atoms with van der Waals surface area (Å²) in [4.78, 5) is 1.73. The summed E-state index contributed by atoms with van der Waals surface area (Å²) in [5, 5.41) is 0. The van der Waals surface area contributed by atoms with Crippen LogP contribution in [-0.4, -0.2) is 0 Å². The molecule has 0 saturated carbocycles. The maximum atomic E-state index is 16.4. The van der Waals surface area contributed by atoms with E-state index >= 15 is 35.1 Å². The third-order valence-corrected chi connectivity index (χ3v) is 23.7. The molecule has 16 aromatic rings. The van der Waals surface area contributed by atoms with Crippen molar-refractivity contribution >= 4 is 40.9 Å². The lowest BCUT2D eigenvalue weighted by molar-refractivity contribution is 0.446. The second-order valence-corrected chi connectivity index (χ2v) is 29.6. The molecule has 20 rings (SSSR count). The van der Waals surface area contributed by atoms with Gasteiger partial charge in [0.15, 0.2) is 34.9 Å². The lowest BCUT2D eigenvalue weighted by atomic mass is 9.67. The van der Waals surface area contributed by atoms with Crippen LogP contribution in [0.4, 0.5) is 52.2 Å². The average Bonchev–Trinajstić information content (AvgIpc) is 1.51. The highest BCUT2D eigenvalue weighted by molar-refractivity contribution is 6.00. The zero-order valence-electron chi connectivity index (χ0n) is 61.8. The second kappa shape index (κ2) is 27.5. The van der Waals surface area contributed by atoms with Gasteiger partial charge in [-0.15, -0.1) is 0 Å². The highest BCUT2D eigenvalue weighted by Crippen LogP contribution is 2.65. The molecule has 3 nitrogen and oxygen atoms in total.